The lowest BCUT2D eigenvalue weighted by Gasteiger charge is -2.34. The molecule has 0 aliphatic carbocycles. The van der Waals surface area contributed by atoms with Crippen molar-refractivity contribution in [2.45, 2.75) is 25.8 Å². The van der Waals surface area contributed by atoms with Gasteiger partial charge in [0, 0.05) is 11.7 Å². The molecule has 1 aromatic carbocycles. The number of urea groups is 1. The smallest absolute Gasteiger partial charge is 0.291 e. The van der Waals surface area contributed by atoms with Gasteiger partial charge >= 0.3 is 6.03 Å². The molecule has 1 unspecified atom stereocenters. The van der Waals surface area contributed by atoms with E-state index in [9.17, 15) is 9.59 Å². The first-order valence-corrected chi connectivity index (χ1v) is 6.44. The Kier molecular flexibility index (Phi) is 3.87. The monoisotopic (exact) mass is 266 g/mol. The number of alkyl halides is 1. The number of amides is 3. The van der Waals surface area contributed by atoms with E-state index in [1.165, 1.54) is 0 Å². The highest BCUT2D eigenvalue weighted by Gasteiger charge is 2.28. The standard InChI is InChI=1S/C13H15ClN2O2/c1-9-6-7-10-4-2-3-5-11(10)16(9)13(18)15-12(17)8-14/h2-5,9H,6-8H2,1H3,(H,15,17,18). The molecule has 1 aliphatic rings. The van der Waals surface area contributed by atoms with Crippen LogP contribution in [-0.4, -0.2) is 23.9 Å². The quantitative estimate of drug-likeness (QED) is 0.793. The Morgan fingerprint density at radius 1 is 1.44 bits per heavy atom. The molecule has 0 aromatic heterocycles. The number of imide groups is 1. The van der Waals surface area contributed by atoms with Crippen LogP contribution in [0.3, 0.4) is 0 Å². The van der Waals surface area contributed by atoms with Gasteiger partial charge in [-0.1, -0.05) is 18.2 Å². The zero-order chi connectivity index (χ0) is 13.1. The van der Waals surface area contributed by atoms with Gasteiger partial charge in [-0.25, -0.2) is 4.79 Å². The predicted octanol–water partition coefficient (Wildman–Crippen LogP) is 2.30. The highest BCUT2D eigenvalue weighted by molar-refractivity contribution is 6.28. The van der Waals surface area contributed by atoms with Gasteiger partial charge in [-0.15, -0.1) is 11.6 Å². The Labute approximate surface area is 111 Å². The zero-order valence-corrected chi connectivity index (χ0v) is 10.9. The summed E-state index contributed by atoms with van der Waals surface area (Å²) >= 11 is 5.39. The summed E-state index contributed by atoms with van der Waals surface area (Å²) in [5.74, 6) is -0.688. The van der Waals surface area contributed by atoms with Crippen LogP contribution >= 0.6 is 11.6 Å². The number of halogens is 1. The molecular formula is C13H15ClN2O2. The van der Waals surface area contributed by atoms with Gasteiger partial charge in [0.05, 0.1) is 0 Å². The van der Waals surface area contributed by atoms with Crippen molar-refractivity contribution in [1.29, 1.82) is 0 Å². The first kappa shape index (κ1) is 12.9. The number of hydrogen-bond acceptors (Lipinski definition) is 2. The first-order chi connectivity index (χ1) is 8.63. The maximum absolute atomic E-state index is 12.1. The second-order valence-electron chi connectivity index (χ2n) is 4.37. The zero-order valence-electron chi connectivity index (χ0n) is 10.1. The van der Waals surface area contributed by atoms with E-state index in [1.807, 2.05) is 31.2 Å². The molecular weight excluding hydrogens is 252 g/mol. The maximum Gasteiger partial charge on any atom is 0.328 e. The highest BCUT2D eigenvalue weighted by atomic mass is 35.5. The summed E-state index contributed by atoms with van der Waals surface area (Å²) in [4.78, 5) is 24.9. The van der Waals surface area contributed by atoms with Gasteiger partial charge in [0.1, 0.15) is 5.88 Å². The number of nitrogens with zero attached hydrogens (tertiary/aromatic N) is 1. The van der Waals surface area contributed by atoms with Crippen LogP contribution in [0.2, 0.25) is 0 Å². The van der Waals surface area contributed by atoms with Crippen LogP contribution in [0.4, 0.5) is 10.5 Å². The summed E-state index contributed by atoms with van der Waals surface area (Å²) in [5, 5.41) is 2.29. The lowest BCUT2D eigenvalue weighted by atomic mass is 9.97. The summed E-state index contributed by atoms with van der Waals surface area (Å²) in [6, 6.07) is 7.42. The summed E-state index contributed by atoms with van der Waals surface area (Å²) in [7, 11) is 0. The van der Waals surface area contributed by atoms with Crippen LogP contribution in [0.5, 0.6) is 0 Å². The van der Waals surface area contributed by atoms with Crippen molar-refractivity contribution in [2.75, 3.05) is 10.8 Å². The topological polar surface area (TPSA) is 49.4 Å². The fourth-order valence-electron chi connectivity index (χ4n) is 2.21. The molecule has 1 aromatic rings. The van der Waals surface area contributed by atoms with Crippen LogP contribution in [0.25, 0.3) is 0 Å². The van der Waals surface area contributed by atoms with Gasteiger partial charge in [-0.05, 0) is 31.4 Å². The van der Waals surface area contributed by atoms with E-state index in [0.717, 1.165) is 24.1 Å². The minimum atomic E-state index is -0.475. The van der Waals surface area contributed by atoms with Crippen molar-refractivity contribution >= 4 is 29.2 Å². The molecule has 3 amide bonds. The van der Waals surface area contributed by atoms with Crippen molar-refractivity contribution < 1.29 is 9.59 Å². The molecule has 0 fully saturated rings. The SMILES string of the molecule is CC1CCc2ccccc2N1C(=O)NC(=O)CCl. The van der Waals surface area contributed by atoms with Crippen LogP contribution in [-0.2, 0) is 11.2 Å². The van der Waals surface area contributed by atoms with Crippen molar-refractivity contribution in [2.24, 2.45) is 0 Å². The summed E-state index contributed by atoms with van der Waals surface area (Å²) in [6.45, 7) is 1.97. The Morgan fingerprint density at radius 2 is 2.17 bits per heavy atom. The van der Waals surface area contributed by atoms with E-state index in [4.69, 9.17) is 11.6 Å². The van der Waals surface area contributed by atoms with Crippen LogP contribution < -0.4 is 10.2 Å². The fraction of sp³-hybridized carbons (Fsp3) is 0.385. The summed E-state index contributed by atoms with van der Waals surface area (Å²) in [6.07, 6.45) is 1.84. The molecule has 1 N–H and O–H groups in total. The average Bonchev–Trinajstić information content (AvgIpc) is 2.38. The molecule has 4 nitrogen and oxygen atoms in total. The second-order valence-corrected chi connectivity index (χ2v) is 4.64. The molecule has 0 bridgehead atoms. The van der Waals surface area contributed by atoms with Crippen molar-refractivity contribution in [1.82, 2.24) is 5.32 Å². The largest absolute Gasteiger partial charge is 0.328 e. The van der Waals surface area contributed by atoms with Crippen molar-refractivity contribution in [3.63, 3.8) is 0 Å². The number of anilines is 1. The Balaban J connectivity index is 2.26. The number of nitrogens with one attached hydrogen (secondary N) is 1. The number of fused-ring (bicyclic) bond motifs is 1. The van der Waals surface area contributed by atoms with Gasteiger partial charge in [0.2, 0.25) is 5.91 Å². The van der Waals surface area contributed by atoms with E-state index in [0.29, 0.717) is 0 Å². The van der Waals surface area contributed by atoms with E-state index in [-0.39, 0.29) is 11.9 Å². The minimum absolute atomic E-state index is 0.0722. The van der Waals surface area contributed by atoms with Crippen molar-refractivity contribution in [3.05, 3.63) is 29.8 Å². The molecule has 0 saturated heterocycles. The number of para-hydroxylation sites is 1. The van der Waals surface area contributed by atoms with E-state index >= 15 is 0 Å². The van der Waals surface area contributed by atoms with Crippen LogP contribution in [0.15, 0.2) is 24.3 Å². The third kappa shape index (κ3) is 2.48. The van der Waals surface area contributed by atoms with E-state index in [2.05, 4.69) is 5.32 Å². The molecule has 0 spiro atoms. The number of carbonyl (C=O) groups excluding carboxylic acids is 2. The van der Waals surface area contributed by atoms with Gasteiger partial charge in [0.25, 0.3) is 0 Å². The van der Waals surface area contributed by atoms with Crippen molar-refractivity contribution in [3.8, 4) is 0 Å². The molecule has 5 heteroatoms. The molecule has 0 saturated carbocycles. The maximum atomic E-state index is 12.1. The fourth-order valence-corrected chi connectivity index (χ4v) is 2.28. The number of benzene rings is 1. The highest BCUT2D eigenvalue weighted by Crippen LogP contribution is 2.30. The van der Waals surface area contributed by atoms with Gasteiger partial charge in [-0.2, -0.15) is 0 Å². The number of rotatable bonds is 1. The molecule has 1 aliphatic heterocycles. The van der Waals surface area contributed by atoms with Crippen LogP contribution in [0.1, 0.15) is 18.9 Å². The lowest BCUT2D eigenvalue weighted by molar-refractivity contribution is -0.117. The Hall–Kier alpha value is -1.55. The molecule has 1 heterocycles. The third-order valence-electron chi connectivity index (χ3n) is 3.11. The number of carbonyl (C=O) groups is 2. The minimum Gasteiger partial charge on any atom is -0.291 e. The Bertz CT molecular complexity index is 476. The predicted molar refractivity (Wildman–Crippen MR) is 71.0 cm³/mol. The molecule has 1 atom stereocenters. The van der Waals surface area contributed by atoms with E-state index < -0.39 is 11.9 Å². The molecule has 0 radical (unpaired) electrons. The lowest BCUT2D eigenvalue weighted by Crippen LogP contribution is -2.49. The normalized spacial score (nSPS) is 18.1. The van der Waals surface area contributed by atoms with E-state index in [1.54, 1.807) is 4.90 Å². The summed E-state index contributed by atoms with van der Waals surface area (Å²) < 4.78 is 0. The average molecular weight is 267 g/mol. The third-order valence-corrected chi connectivity index (χ3v) is 3.35. The second kappa shape index (κ2) is 5.40. The van der Waals surface area contributed by atoms with Gasteiger partial charge in [0.15, 0.2) is 0 Å². The van der Waals surface area contributed by atoms with Gasteiger partial charge < -0.3 is 0 Å². The molecule has 2 rings (SSSR count). The number of hydrogen-bond donors (Lipinski definition) is 1. The molecule has 96 valence electrons. The van der Waals surface area contributed by atoms with Gasteiger partial charge in [-0.3, -0.25) is 15.0 Å². The summed E-state index contributed by atoms with van der Waals surface area (Å²) in [5.41, 5.74) is 2.00. The molecule has 18 heavy (non-hydrogen) atoms. The first-order valence-electron chi connectivity index (χ1n) is 5.90. The Morgan fingerprint density at radius 3 is 2.89 bits per heavy atom. The van der Waals surface area contributed by atoms with Crippen LogP contribution in [0, 0.1) is 0 Å². The number of aryl methyl sites for hydroxylation is 1.